The van der Waals surface area contributed by atoms with E-state index in [1.807, 2.05) is 61.6 Å². The maximum absolute atomic E-state index is 11.1. The van der Waals surface area contributed by atoms with Crippen LogP contribution in [0.2, 0.25) is 0 Å². The zero-order valence-corrected chi connectivity index (χ0v) is 13.0. The minimum atomic E-state index is 0.551. The van der Waals surface area contributed by atoms with Crippen molar-refractivity contribution in [1.82, 2.24) is 9.55 Å². The SMILES string of the molecule is Cn1cnc(Cc2ccc(OCc3ccccc3)cc2)c1C=O. The molecule has 0 amide bonds. The minimum absolute atomic E-state index is 0.551. The van der Waals surface area contributed by atoms with Crippen molar-refractivity contribution < 1.29 is 9.53 Å². The van der Waals surface area contributed by atoms with Gasteiger partial charge in [0.2, 0.25) is 0 Å². The topological polar surface area (TPSA) is 44.1 Å². The first-order chi connectivity index (χ1) is 11.3. The molecule has 0 fully saturated rings. The summed E-state index contributed by atoms with van der Waals surface area (Å²) in [4.78, 5) is 15.4. The van der Waals surface area contributed by atoms with Gasteiger partial charge in [0.15, 0.2) is 6.29 Å². The number of ether oxygens (including phenoxy) is 1. The van der Waals surface area contributed by atoms with Crippen molar-refractivity contribution in [1.29, 1.82) is 0 Å². The second-order valence-electron chi connectivity index (χ2n) is 5.40. The molecule has 0 radical (unpaired) electrons. The Balaban J connectivity index is 1.64. The average molecular weight is 306 g/mol. The minimum Gasteiger partial charge on any atom is -0.489 e. The number of hydrogen-bond acceptors (Lipinski definition) is 3. The predicted molar refractivity (Wildman–Crippen MR) is 88.6 cm³/mol. The van der Waals surface area contributed by atoms with Crippen molar-refractivity contribution in [3.05, 3.63) is 83.4 Å². The van der Waals surface area contributed by atoms with Crippen molar-refractivity contribution in [3.8, 4) is 5.75 Å². The number of nitrogens with zero attached hydrogens (tertiary/aromatic N) is 2. The van der Waals surface area contributed by atoms with Crippen LogP contribution in [0.3, 0.4) is 0 Å². The van der Waals surface area contributed by atoms with Crippen molar-refractivity contribution in [3.63, 3.8) is 0 Å². The molecule has 0 spiro atoms. The molecule has 2 aromatic carbocycles. The van der Waals surface area contributed by atoms with E-state index in [2.05, 4.69) is 4.98 Å². The van der Waals surface area contributed by atoms with Crippen LogP contribution in [0.25, 0.3) is 0 Å². The van der Waals surface area contributed by atoms with E-state index in [4.69, 9.17) is 4.74 Å². The number of carbonyl (C=O) groups excluding carboxylic acids is 1. The van der Waals surface area contributed by atoms with Crippen LogP contribution in [-0.4, -0.2) is 15.8 Å². The quantitative estimate of drug-likeness (QED) is 0.656. The Bertz CT molecular complexity index is 777. The van der Waals surface area contributed by atoms with Crippen molar-refractivity contribution >= 4 is 6.29 Å². The Morgan fingerprint density at radius 1 is 1.04 bits per heavy atom. The van der Waals surface area contributed by atoms with Crippen LogP contribution in [0.4, 0.5) is 0 Å². The Kier molecular flexibility index (Phi) is 4.52. The number of rotatable bonds is 6. The van der Waals surface area contributed by atoms with Gasteiger partial charge in [-0.15, -0.1) is 0 Å². The van der Waals surface area contributed by atoms with E-state index in [0.717, 1.165) is 28.9 Å². The number of aldehydes is 1. The first kappa shape index (κ1) is 15.0. The molecule has 3 rings (SSSR count). The molecule has 1 aromatic heterocycles. The smallest absolute Gasteiger partial charge is 0.168 e. The summed E-state index contributed by atoms with van der Waals surface area (Å²) in [6.07, 6.45) is 3.14. The van der Waals surface area contributed by atoms with E-state index in [-0.39, 0.29) is 0 Å². The molecule has 0 saturated heterocycles. The maximum atomic E-state index is 11.1. The summed E-state index contributed by atoms with van der Waals surface area (Å²) in [7, 11) is 1.82. The van der Waals surface area contributed by atoms with Crippen LogP contribution in [0, 0.1) is 0 Å². The van der Waals surface area contributed by atoms with E-state index in [0.29, 0.717) is 18.7 Å². The molecule has 4 heteroatoms. The highest BCUT2D eigenvalue weighted by Gasteiger charge is 2.08. The lowest BCUT2D eigenvalue weighted by atomic mass is 10.1. The molecule has 0 saturated carbocycles. The van der Waals surface area contributed by atoms with E-state index in [1.165, 1.54) is 0 Å². The number of benzene rings is 2. The molecule has 0 aliphatic heterocycles. The fourth-order valence-corrected chi connectivity index (χ4v) is 2.41. The fourth-order valence-electron chi connectivity index (χ4n) is 2.41. The lowest BCUT2D eigenvalue weighted by molar-refractivity contribution is 0.111. The Labute approximate surface area is 135 Å². The summed E-state index contributed by atoms with van der Waals surface area (Å²) in [6, 6.07) is 18.0. The van der Waals surface area contributed by atoms with Crippen LogP contribution in [0.15, 0.2) is 60.9 Å². The van der Waals surface area contributed by atoms with Crippen LogP contribution in [0.5, 0.6) is 5.75 Å². The third-order valence-corrected chi connectivity index (χ3v) is 3.72. The fraction of sp³-hybridized carbons (Fsp3) is 0.158. The lowest BCUT2D eigenvalue weighted by Gasteiger charge is -2.07. The van der Waals surface area contributed by atoms with Gasteiger partial charge in [-0.05, 0) is 23.3 Å². The standard InChI is InChI=1S/C19H18N2O2/c1-21-14-20-18(19(21)12-22)11-15-7-9-17(10-8-15)23-13-16-5-3-2-4-6-16/h2-10,12,14H,11,13H2,1H3. The highest BCUT2D eigenvalue weighted by molar-refractivity contribution is 5.74. The van der Waals surface area contributed by atoms with E-state index in [1.54, 1.807) is 10.9 Å². The van der Waals surface area contributed by atoms with Gasteiger partial charge in [0.1, 0.15) is 18.1 Å². The van der Waals surface area contributed by atoms with Gasteiger partial charge in [-0.25, -0.2) is 4.98 Å². The molecule has 116 valence electrons. The molecule has 1 heterocycles. The van der Waals surface area contributed by atoms with E-state index < -0.39 is 0 Å². The normalized spacial score (nSPS) is 10.5. The van der Waals surface area contributed by atoms with Crippen LogP contribution >= 0.6 is 0 Å². The molecule has 0 bridgehead atoms. The third kappa shape index (κ3) is 3.66. The zero-order valence-electron chi connectivity index (χ0n) is 13.0. The van der Waals surface area contributed by atoms with Gasteiger partial charge in [0, 0.05) is 13.5 Å². The molecule has 0 aliphatic rings. The second-order valence-corrected chi connectivity index (χ2v) is 5.40. The number of aryl methyl sites for hydroxylation is 1. The van der Waals surface area contributed by atoms with E-state index >= 15 is 0 Å². The van der Waals surface area contributed by atoms with Crippen molar-refractivity contribution in [2.75, 3.05) is 0 Å². The van der Waals surface area contributed by atoms with Gasteiger partial charge in [-0.2, -0.15) is 0 Å². The molecule has 0 unspecified atom stereocenters. The Hall–Kier alpha value is -2.88. The summed E-state index contributed by atoms with van der Waals surface area (Å²) in [5, 5.41) is 0. The molecule has 0 atom stereocenters. The molecule has 3 aromatic rings. The number of imidazole rings is 1. The van der Waals surface area contributed by atoms with Gasteiger partial charge < -0.3 is 9.30 Å². The van der Waals surface area contributed by atoms with Crippen LogP contribution < -0.4 is 4.74 Å². The molecule has 4 nitrogen and oxygen atoms in total. The predicted octanol–water partition coefficient (Wildman–Crippen LogP) is 3.40. The number of hydrogen-bond donors (Lipinski definition) is 0. The summed E-state index contributed by atoms with van der Waals surface area (Å²) >= 11 is 0. The molecule has 0 N–H and O–H groups in total. The monoisotopic (exact) mass is 306 g/mol. The van der Waals surface area contributed by atoms with Gasteiger partial charge in [-0.1, -0.05) is 42.5 Å². The molecular weight excluding hydrogens is 288 g/mol. The Morgan fingerprint density at radius 3 is 2.48 bits per heavy atom. The summed E-state index contributed by atoms with van der Waals surface area (Å²) < 4.78 is 7.51. The molecule has 23 heavy (non-hydrogen) atoms. The van der Waals surface area contributed by atoms with Crippen molar-refractivity contribution in [2.24, 2.45) is 7.05 Å². The zero-order chi connectivity index (χ0) is 16.1. The highest BCUT2D eigenvalue weighted by Crippen LogP contribution is 2.17. The summed E-state index contributed by atoms with van der Waals surface area (Å²) in [5.74, 6) is 0.828. The first-order valence-corrected chi connectivity index (χ1v) is 7.47. The van der Waals surface area contributed by atoms with Crippen LogP contribution in [0.1, 0.15) is 27.3 Å². The van der Waals surface area contributed by atoms with Gasteiger partial charge >= 0.3 is 0 Å². The Morgan fingerprint density at radius 2 is 1.78 bits per heavy atom. The van der Waals surface area contributed by atoms with E-state index in [9.17, 15) is 4.79 Å². The summed E-state index contributed by atoms with van der Waals surface area (Å²) in [5.41, 5.74) is 3.65. The average Bonchev–Trinajstić information content (AvgIpc) is 2.95. The van der Waals surface area contributed by atoms with Gasteiger partial charge in [0.25, 0.3) is 0 Å². The first-order valence-electron chi connectivity index (χ1n) is 7.47. The highest BCUT2D eigenvalue weighted by atomic mass is 16.5. The molecule has 0 aliphatic carbocycles. The van der Waals surface area contributed by atoms with Crippen molar-refractivity contribution in [2.45, 2.75) is 13.0 Å². The second kappa shape index (κ2) is 6.92. The van der Waals surface area contributed by atoms with Crippen LogP contribution in [-0.2, 0) is 20.1 Å². The largest absolute Gasteiger partial charge is 0.489 e. The van der Waals surface area contributed by atoms with Gasteiger partial charge in [0.05, 0.1) is 12.0 Å². The summed E-state index contributed by atoms with van der Waals surface area (Å²) in [6.45, 7) is 0.551. The third-order valence-electron chi connectivity index (χ3n) is 3.72. The number of aromatic nitrogens is 2. The molecular formula is C19H18N2O2. The maximum Gasteiger partial charge on any atom is 0.168 e. The lowest BCUT2D eigenvalue weighted by Crippen LogP contribution is -1.99. The van der Waals surface area contributed by atoms with Gasteiger partial charge in [-0.3, -0.25) is 4.79 Å². The number of carbonyl (C=O) groups is 1.